The van der Waals surface area contributed by atoms with Crippen molar-refractivity contribution < 1.29 is 13.4 Å². The van der Waals surface area contributed by atoms with Crippen molar-refractivity contribution in [3.63, 3.8) is 0 Å². The van der Waals surface area contributed by atoms with Gasteiger partial charge in [-0.05, 0) is 44.2 Å². The molecule has 2 bridgehead atoms. The summed E-state index contributed by atoms with van der Waals surface area (Å²) in [4.78, 5) is 12.6. The first-order chi connectivity index (χ1) is 9.58. The summed E-state index contributed by atoms with van der Waals surface area (Å²) in [5.74, 6) is -0.667. The first kappa shape index (κ1) is 13.9. The molecule has 108 valence electrons. The number of ketones is 1. The minimum absolute atomic E-state index is 0.0887. The normalized spacial score (nSPS) is 32.9. The maximum absolute atomic E-state index is 13.9. The third-order valence-corrected chi connectivity index (χ3v) is 6.81. The van der Waals surface area contributed by atoms with Crippen LogP contribution in [0.3, 0.4) is 0 Å². The molecule has 2 fully saturated rings. The Morgan fingerprint density at radius 1 is 1.25 bits per heavy atom. The lowest BCUT2D eigenvalue weighted by molar-refractivity contribution is 0.0890. The van der Waals surface area contributed by atoms with E-state index < -0.39 is 16.6 Å². The van der Waals surface area contributed by atoms with Gasteiger partial charge in [0.2, 0.25) is 0 Å². The summed E-state index contributed by atoms with van der Waals surface area (Å²) < 4.78 is 26.1. The monoisotopic (exact) mass is 294 g/mol. The maximum atomic E-state index is 13.9. The van der Waals surface area contributed by atoms with Crippen LogP contribution >= 0.6 is 0 Å². The highest BCUT2D eigenvalue weighted by Crippen LogP contribution is 2.38. The lowest BCUT2D eigenvalue weighted by atomic mass is 9.83. The van der Waals surface area contributed by atoms with Gasteiger partial charge in [-0.15, -0.1) is 0 Å². The van der Waals surface area contributed by atoms with Gasteiger partial charge in [0.05, 0.1) is 5.56 Å². The van der Waals surface area contributed by atoms with Crippen molar-refractivity contribution in [1.29, 1.82) is 0 Å². The van der Waals surface area contributed by atoms with E-state index in [0.717, 1.165) is 19.3 Å². The topological polar surface area (TPSA) is 34.1 Å². The lowest BCUT2D eigenvalue weighted by Crippen LogP contribution is -2.41. The van der Waals surface area contributed by atoms with Crippen molar-refractivity contribution in [2.45, 2.75) is 49.5 Å². The summed E-state index contributed by atoms with van der Waals surface area (Å²) in [5.41, 5.74) is 0.940. The van der Waals surface area contributed by atoms with Crippen LogP contribution in [0.5, 0.6) is 0 Å². The SMILES string of the molecule is Cc1cccc(F)c1C(=O)C1CC2CCCC(C1)S2=O. The summed E-state index contributed by atoms with van der Waals surface area (Å²) in [6.45, 7) is 1.78. The fourth-order valence-corrected chi connectivity index (χ4v) is 5.78. The number of fused-ring (bicyclic) bond motifs is 2. The zero-order chi connectivity index (χ0) is 14.3. The number of hydrogen-bond acceptors (Lipinski definition) is 2. The lowest BCUT2D eigenvalue weighted by Gasteiger charge is -2.37. The van der Waals surface area contributed by atoms with Crippen molar-refractivity contribution in [2.24, 2.45) is 5.92 Å². The van der Waals surface area contributed by atoms with Crippen molar-refractivity contribution in [3.05, 3.63) is 35.1 Å². The molecule has 1 aromatic rings. The highest BCUT2D eigenvalue weighted by molar-refractivity contribution is 7.86. The van der Waals surface area contributed by atoms with Crippen molar-refractivity contribution in [1.82, 2.24) is 0 Å². The summed E-state index contributed by atoms with van der Waals surface area (Å²) >= 11 is 0. The predicted molar refractivity (Wildman–Crippen MR) is 77.8 cm³/mol. The smallest absolute Gasteiger partial charge is 0.169 e. The average molecular weight is 294 g/mol. The molecule has 3 rings (SSSR count). The highest BCUT2D eigenvalue weighted by atomic mass is 32.2. The van der Waals surface area contributed by atoms with Crippen molar-refractivity contribution in [3.8, 4) is 0 Å². The van der Waals surface area contributed by atoms with Gasteiger partial charge in [0.1, 0.15) is 5.82 Å². The first-order valence-electron chi connectivity index (χ1n) is 7.26. The zero-order valence-corrected chi connectivity index (χ0v) is 12.4. The van der Waals surface area contributed by atoms with Crippen molar-refractivity contribution >= 4 is 16.6 Å². The quantitative estimate of drug-likeness (QED) is 0.783. The molecular weight excluding hydrogens is 275 g/mol. The van der Waals surface area contributed by atoms with Crippen LogP contribution in [0.15, 0.2) is 18.2 Å². The van der Waals surface area contributed by atoms with E-state index in [-0.39, 0.29) is 27.8 Å². The first-order valence-corrected chi connectivity index (χ1v) is 8.54. The third-order valence-electron chi connectivity index (χ3n) is 4.64. The Kier molecular flexibility index (Phi) is 3.76. The summed E-state index contributed by atoms with van der Waals surface area (Å²) in [5, 5.41) is 0.284. The van der Waals surface area contributed by atoms with Crippen LogP contribution in [0, 0.1) is 18.7 Å². The van der Waals surface area contributed by atoms with Crippen LogP contribution in [-0.2, 0) is 10.8 Å². The molecule has 2 aliphatic rings. The van der Waals surface area contributed by atoms with Crippen LogP contribution in [0.2, 0.25) is 0 Å². The number of carbonyl (C=O) groups excluding carboxylic acids is 1. The molecule has 0 saturated carbocycles. The predicted octanol–water partition coefficient (Wildman–Crippen LogP) is 3.40. The number of aryl methyl sites for hydroxylation is 1. The molecule has 2 atom stereocenters. The number of Topliss-reactive ketones (excluding diaryl/α,β-unsaturated/α-hetero) is 1. The molecule has 0 radical (unpaired) electrons. The van der Waals surface area contributed by atoms with E-state index in [9.17, 15) is 13.4 Å². The minimum atomic E-state index is -0.786. The van der Waals surface area contributed by atoms with Crippen LogP contribution < -0.4 is 0 Å². The van der Waals surface area contributed by atoms with Gasteiger partial charge in [-0.3, -0.25) is 9.00 Å². The molecule has 2 saturated heterocycles. The van der Waals surface area contributed by atoms with Crippen LogP contribution in [0.1, 0.15) is 48.0 Å². The zero-order valence-electron chi connectivity index (χ0n) is 11.6. The molecule has 2 unspecified atom stereocenters. The third kappa shape index (κ3) is 2.34. The highest BCUT2D eigenvalue weighted by Gasteiger charge is 2.41. The van der Waals surface area contributed by atoms with Gasteiger partial charge in [0.15, 0.2) is 5.78 Å². The van der Waals surface area contributed by atoms with E-state index in [4.69, 9.17) is 0 Å². The standard InChI is InChI=1S/C16H19FO2S/c1-10-4-2-7-14(17)15(10)16(18)11-8-12-5-3-6-13(9-11)20(12)19/h2,4,7,11-13H,3,5-6,8-9H2,1H3. The maximum Gasteiger partial charge on any atom is 0.169 e. The van der Waals surface area contributed by atoms with Gasteiger partial charge in [0.25, 0.3) is 0 Å². The van der Waals surface area contributed by atoms with Gasteiger partial charge in [-0.25, -0.2) is 4.39 Å². The second-order valence-corrected chi connectivity index (χ2v) is 7.96. The van der Waals surface area contributed by atoms with E-state index in [0.29, 0.717) is 18.4 Å². The molecule has 0 spiro atoms. The van der Waals surface area contributed by atoms with Gasteiger partial charge in [-0.2, -0.15) is 0 Å². The second kappa shape index (κ2) is 5.40. The Hall–Kier alpha value is -1.03. The van der Waals surface area contributed by atoms with Gasteiger partial charge >= 0.3 is 0 Å². The van der Waals surface area contributed by atoms with Crippen LogP contribution in [0.4, 0.5) is 4.39 Å². The Morgan fingerprint density at radius 3 is 2.50 bits per heavy atom. The van der Waals surface area contributed by atoms with Gasteiger partial charge in [-0.1, -0.05) is 18.6 Å². The molecule has 0 aliphatic carbocycles. The Balaban J connectivity index is 1.87. The van der Waals surface area contributed by atoms with E-state index >= 15 is 0 Å². The number of carbonyl (C=O) groups is 1. The Bertz CT molecular complexity index is 533. The molecule has 0 N–H and O–H groups in total. The Labute approximate surface area is 121 Å². The molecule has 2 aliphatic heterocycles. The van der Waals surface area contributed by atoms with E-state index in [1.54, 1.807) is 19.1 Å². The van der Waals surface area contributed by atoms with E-state index in [1.165, 1.54) is 6.07 Å². The van der Waals surface area contributed by atoms with Gasteiger partial charge < -0.3 is 0 Å². The molecule has 0 amide bonds. The number of hydrogen-bond donors (Lipinski definition) is 0. The second-order valence-electron chi connectivity index (χ2n) is 5.97. The molecule has 20 heavy (non-hydrogen) atoms. The molecule has 1 aromatic carbocycles. The molecule has 2 nitrogen and oxygen atoms in total. The molecular formula is C16H19FO2S. The molecule has 4 heteroatoms. The Morgan fingerprint density at radius 2 is 1.90 bits per heavy atom. The fraction of sp³-hybridized carbons (Fsp3) is 0.562. The summed E-state index contributed by atoms with van der Waals surface area (Å²) in [6, 6.07) is 4.76. The fourth-order valence-electron chi connectivity index (χ4n) is 3.60. The van der Waals surface area contributed by atoms with E-state index in [2.05, 4.69) is 0 Å². The summed E-state index contributed by atoms with van der Waals surface area (Å²) in [6.07, 6.45) is 4.33. The average Bonchev–Trinajstić information content (AvgIpc) is 2.37. The largest absolute Gasteiger partial charge is 0.294 e. The molecule has 0 aromatic heterocycles. The molecule has 2 heterocycles. The van der Waals surface area contributed by atoms with Gasteiger partial charge in [0, 0.05) is 27.2 Å². The number of rotatable bonds is 2. The van der Waals surface area contributed by atoms with E-state index in [1.807, 2.05) is 0 Å². The van der Waals surface area contributed by atoms with Crippen LogP contribution in [-0.4, -0.2) is 20.5 Å². The number of benzene rings is 1. The number of halogens is 1. The minimum Gasteiger partial charge on any atom is -0.294 e. The van der Waals surface area contributed by atoms with Crippen LogP contribution in [0.25, 0.3) is 0 Å². The van der Waals surface area contributed by atoms with Crippen molar-refractivity contribution in [2.75, 3.05) is 0 Å². The summed E-state index contributed by atoms with van der Waals surface area (Å²) in [7, 11) is -0.786.